The second-order valence-electron chi connectivity index (χ2n) is 9.35. The van der Waals surface area contributed by atoms with E-state index in [1.807, 2.05) is 18.5 Å². The van der Waals surface area contributed by atoms with E-state index in [2.05, 4.69) is 30.5 Å². The van der Waals surface area contributed by atoms with Gasteiger partial charge in [-0.15, -0.1) is 10.2 Å². The number of aliphatic hydroxyl groups excluding tert-OH is 1. The summed E-state index contributed by atoms with van der Waals surface area (Å²) in [6.07, 6.45) is 6.05. The molecule has 0 bridgehead atoms. The number of carbonyl (C=O) groups excluding carboxylic acids is 1. The Hall–Kier alpha value is -3.57. The highest BCUT2D eigenvalue weighted by Gasteiger charge is 2.43. The minimum Gasteiger partial charge on any atom is -0.506 e. The van der Waals surface area contributed by atoms with Crippen LogP contribution in [0, 0.1) is 11.8 Å². The zero-order valence-electron chi connectivity index (χ0n) is 19.0. The number of nitrogens with zero attached hydrogens (tertiary/aromatic N) is 5. The SMILES string of the molecule is C[C@H](O)C(=O)N1C[C@H]2CC(Nc3c(-c4nnc(-c5ccc(O)cn5)s4)cnc4[nH]ccc34)C[C@H]2C1. The molecule has 1 saturated heterocycles. The molecular weight excluding hydrogens is 466 g/mol. The lowest BCUT2D eigenvalue weighted by Crippen LogP contribution is -2.37. The lowest BCUT2D eigenvalue weighted by molar-refractivity contribution is -0.138. The molecule has 1 unspecified atom stereocenters. The molecule has 4 aromatic rings. The number of aromatic amines is 1. The first-order chi connectivity index (χ1) is 17.0. The van der Waals surface area contributed by atoms with Crippen LogP contribution in [0.2, 0.25) is 0 Å². The molecule has 10 nitrogen and oxygen atoms in total. The first-order valence-corrected chi connectivity index (χ1v) is 12.5. The van der Waals surface area contributed by atoms with Crippen molar-refractivity contribution >= 4 is 34.0 Å². The fraction of sp³-hybridized carbons (Fsp3) is 0.375. The maximum Gasteiger partial charge on any atom is 0.251 e. The van der Waals surface area contributed by atoms with Gasteiger partial charge in [-0.05, 0) is 49.8 Å². The number of aromatic hydroxyl groups is 1. The second kappa shape index (κ2) is 8.58. The first kappa shape index (κ1) is 21.9. The monoisotopic (exact) mass is 491 g/mol. The second-order valence-corrected chi connectivity index (χ2v) is 10.3. The molecule has 1 aliphatic heterocycles. The van der Waals surface area contributed by atoms with E-state index < -0.39 is 6.10 Å². The highest BCUT2D eigenvalue weighted by molar-refractivity contribution is 7.18. The molecule has 11 heteroatoms. The maximum atomic E-state index is 12.2. The Morgan fingerprint density at radius 1 is 1.14 bits per heavy atom. The minimum absolute atomic E-state index is 0.103. The summed E-state index contributed by atoms with van der Waals surface area (Å²) in [6, 6.07) is 5.57. The number of rotatable bonds is 5. The summed E-state index contributed by atoms with van der Waals surface area (Å²) in [5.74, 6) is 0.781. The summed E-state index contributed by atoms with van der Waals surface area (Å²) in [5.41, 5.74) is 3.30. The van der Waals surface area contributed by atoms with Gasteiger partial charge >= 0.3 is 0 Å². The lowest BCUT2D eigenvalue weighted by Gasteiger charge is -2.22. The highest BCUT2D eigenvalue weighted by Crippen LogP contribution is 2.42. The number of hydrogen-bond acceptors (Lipinski definition) is 9. The van der Waals surface area contributed by atoms with E-state index in [0.29, 0.717) is 35.6 Å². The molecule has 2 aliphatic rings. The van der Waals surface area contributed by atoms with Gasteiger partial charge in [0.05, 0.1) is 17.4 Å². The molecule has 0 spiro atoms. The van der Waals surface area contributed by atoms with Gasteiger partial charge in [-0.2, -0.15) is 0 Å². The van der Waals surface area contributed by atoms with Crippen LogP contribution < -0.4 is 5.32 Å². The topological polar surface area (TPSA) is 140 Å². The van der Waals surface area contributed by atoms with Crippen LogP contribution in [-0.4, -0.2) is 71.4 Å². The Kier molecular flexibility index (Phi) is 5.37. The predicted octanol–water partition coefficient (Wildman–Crippen LogP) is 2.88. The minimum atomic E-state index is -0.947. The largest absolute Gasteiger partial charge is 0.506 e. The summed E-state index contributed by atoms with van der Waals surface area (Å²) in [6.45, 7) is 2.94. The first-order valence-electron chi connectivity index (χ1n) is 11.6. The van der Waals surface area contributed by atoms with Crippen molar-refractivity contribution in [1.82, 2.24) is 30.0 Å². The summed E-state index contributed by atoms with van der Waals surface area (Å²) < 4.78 is 0. The summed E-state index contributed by atoms with van der Waals surface area (Å²) in [5, 5.41) is 34.1. The molecule has 4 N–H and O–H groups in total. The molecule has 0 aromatic carbocycles. The molecule has 1 amide bonds. The van der Waals surface area contributed by atoms with E-state index in [1.54, 1.807) is 17.0 Å². The Morgan fingerprint density at radius 2 is 1.91 bits per heavy atom. The van der Waals surface area contributed by atoms with E-state index in [0.717, 1.165) is 40.1 Å². The third kappa shape index (κ3) is 4.00. The van der Waals surface area contributed by atoms with Crippen LogP contribution in [-0.2, 0) is 4.79 Å². The number of fused-ring (bicyclic) bond motifs is 2. The van der Waals surface area contributed by atoms with E-state index in [-0.39, 0.29) is 17.7 Å². The molecule has 1 saturated carbocycles. The molecule has 4 atom stereocenters. The summed E-state index contributed by atoms with van der Waals surface area (Å²) >= 11 is 1.43. The fourth-order valence-corrected chi connectivity index (χ4v) is 6.18. The van der Waals surface area contributed by atoms with Gasteiger partial charge in [0.15, 0.2) is 10.0 Å². The number of amides is 1. The number of aliphatic hydroxyl groups is 1. The van der Waals surface area contributed by atoms with Crippen molar-refractivity contribution in [2.75, 3.05) is 18.4 Å². The Labute approximate surface area is 205 Å². The third-order valence-corrected chi connectivity index (χ3v) is 7.96. The van der Waals surface area contributed by atoms with Crippen LogP contribution in [0.25, 0.3) is 32.3 Å². The van der Waals surface area contributed by atoms with Crippen LogP contribution in [0.15, 0.2) is 36.8 Å². The van der Waals surface area contributed by atoms with Crippen molar-refractivity contribution in [1.29, 1.82) is 0 Å². The average Bonchev–Trinajstić information content (AvgIpc) is 3.62. The smallest absolute Gasteiger partial charge is 0.251 e. The van der Waals surface area contributed by atoms with Gasteiger partial charge < -0.3 is 25.4 Å². The number of nitrogens with one attached hydrogen (secondary N) is 2. The molecular formula is C24H25N7O3S. The number of hydrogen-bond donors (Lipinski definition) is 4. The molecule has 1 aliphatic carbocycles. The van der Waals surface area contributed by atoms with Crippen molar-refractivity contribution in [3.05, 3.63) is 36.8 Å². The van der Waals surface area contributed by atoms with Crippen LogP contribution >= 0.6 is 11.3 Å². The number of H-pyrrole nitrogens is 1. The van der Waals surface area contributed by atoms with Gasteiger partial charge in [0.1, 0.15) is 23.2 Å². The van der Waals surface area contributed by atoms with Crippen molar-refractivity contribution in [3.8, 4) is 27.0 Å². The summed E-state index contributed by atoms with van der Waals surface area (Å²) in [4.78, 5) is 26.0. The molecule has 2 fully saturated rings. The zero-order chi connectivity index (χ0) is 24.1. The zero-order valence-corrected chi connectivity index (χ0v) is 19.9. The maximum absolute atomic E-state index is 12.2. The number of likely N-dealkylation sites (tertiary alicyclic amines) is 1. The predicted molar refractivity (Wildman–Crippen MR) is 132 cm³/mol. The Bertz CT molecular complexity index is 1370. The van der Waals surface area contributed by atoms with Crippen LogP contribution in [0.3, 0.4) is 0 Å². The highest BCUT2D eigenvalue weighted by atomic mass is 32.1. The van der Waals surface area contributed by atoms with Crippen LogP contribution in [0.1, 0.15) is 19.8 Å². The van der Waals surface area contributed by atoms with E-state index in [9.17, 15) is 15.0 Å². The molecule has 35 heavy (non-hydrogen) atoms. The third-order valence-electron chi connectivity index (χ3n) is 6.98. The van der Waals surface area contributed by atoms with Crippen molar-refractivity contribution in [2.24, 2.45) is 11.8 Å². The van der Waals surface area contributed by atoms with E-state index >= 15 is 0 Å². The van der Waals surface area contributed by atoms with Gasteiger partial charge in [0.25, 0.3) is 5.91 Å². The average molecular weight is 492 g/mol. The molecule has 4 aromatic heterocycles. The van der Waals surface area contributed by atoms with Crippen LogP contribution in [0.4, 0.5) is 5.69 Å². The molecule has 6 rings (SSSR count). The Balaban J connectivity index is 1.26. The molecule has 5 heterocycles. The van der Waals surface area contributed by atoms with Crippen molar-refractivity contribution < 1.29 is 15.0 Å². The van der Waals surface area contributed by atoms with Gasteiger partial charge in [-0.1, -0.05) is 11.3 Å². The quantitative estimate of drug-likeness (QED) is 0.334. The molecule has 0 radical (unpaired) electrons. The van der Waals surface area contributed by atoms with E-state index in [4.69, 9.17) is 0 Å². The van der Waals surface area contributed by atoms with Crippen molar-refractivity contribution in [3.63, 3.8) is 0 Å². The van der Waals surface area contributed by atoms with Gasteiger partial charge in [0.2, 0.25) is 0 Å². The summed E-state index contributed by atoms with van der Waals surface area (Å²) in [7, 11) is 0. The van der Waals surface area contributed by atoms with Gasteiger partial charge in [0, 0.05) is 36.9 Å². The van der Waals surface area contributed by atoms with Crippen LogP contribution in [0.5, 0.6) is 5.75 Å². The number of aromatic nitrogens is 5. The molecule has 180 valence electrons. The fourth-order valence-electron chi connectivity index (χ4n) is 5.34. The normalized spacial score (nSPS) is 22.5. The number of pyridine rings is 2. The van der Waals surface area contributed by atoms with Gasteiger partial charge in [-0.25, -0.2) is 9.97 Å². The van der Waals surface area contributed by atoms with Crippen molar-refractivity contribution in [2.45, 2.75) is 31.9 Å². The number of carbonyl (C=O) groups is 1. The standard InChI is InChI=1S/C24H25N7O3S/c1-12(32)24(34)31-10-13-6-15(7-14(13)11-31)28-20-17-4-5-25-21(17)27-9-18(20)22-29-30-23(35-22)19-3-2-16(33)8-26-19/h2-5,8-9,12-15,32-33H,6-7,10-11H2,1H3,(H2,25,27,28)/t12-,13-,14+,15?/m0/s1. The number of anilines is 1. The van der Waals surface area contributed by atoms with Gasteiger partial charge in [-0.3, -0.25) is 4.79 Å². The Morgan fingerprint density at radius 3 is 2.63 bits per heavy atom. The lowest BCUT2D eigenvalue weighted by atomic mass is 10.0. The van der Waals surface area contributed by atoms with E-state index in [1.165, 1.54) is 24.5 Å².